The van der Waals surface area contributed by atoms with E-state index in [2.05, 4.69) is 10.6 Å². The summed E-state index contributed by atoms with van der Waals surface area (Å²) in [5.74, 6) is -8.61. The third kappa shape index (κ3) is 10.8. The van der Waals surface area contributed by atoms with Gasteiger partial charge in [-0.05, 0) is 54.6 Å². The molecule has 0 saturated carbocycles. The minimum atomic E-state index is -4.46. The van der Waals surface area contributed by atoms with E-state index in [1.807, 2.05) is 4.72 Å². The molecule has 0 bridgehead atoms. The summed E-state index contributed by atoms with van der Waals surface area (Å²) in [6, 6.07) is 10.7. The molecule has 2 aliphatic rings. The first kappa shape index (κ1) is 41.2. The van der Waals surface area contributed by atoms with Gasteiger partial charge in [0.1, 0.15) is 23.7 Å². The molecular weight excluding hydrogens is 782 g/mol. The van der Waals surface area contributed by atoms with Crippen LogP contribution in [0.15, 0.2) is 76.5 Å². The third-order valence-electron chi connectivity index (χ3n) is 7.97. The average Bonchev–Trinajstić information content (AvgIpc) is 3.28. The van der Waals surface area contributed by atoms with Crippen molar-refractivity contribution in [1.82, 2.24) is 19.7 Å². The van der Waals surface area contributed by atoms with E-state index >= 15 is 0 Å². The Morgan fingerprint density at radius 2 is 1.33 bits per heavy atom. The van der Waals surface area contributed by atoms with Crippen LogP contribution in [0.1, 0.15) is 31.2 Å². The van der Waals surface area contributed by atoms with E-state index in [0.29, 0.717) is 9.33 Å². The second-order valence-electron chi connectivity index (χ2n) is 11.8. The first-order valence-corrected chi connectivity index (χ1v) is 19.1. The van der Waals surface area contributed by atoms with Crippen LogP contribution in [-0.4, -0.2) is 77.1 Å². The molecule has 2 heterocycles. The van der Waals surface area contributed by atoms with Gasteiger partial charge in [-0.1, -0.05) is 29.3 Å². The topological polar surface area (TPSA) is 151 Å². The SMILES string of the molecule is COc1ccc(CN([C@@H]2CC(F)(F)CCNC2=O)S(=O)(=O)c2ccc(Cl)cc2)c(F)c1.O=C1NCCC(F)(F)C[C@H]1NS(=O)(=O)c1ccc(Cl)cc1. The highest BCUT2D eigenvalue weighted by Gasteiger charge is 2.45. The smallest absolute Gasteiger partial charge is 0.251 e. The van der Waals surface area contributed by atoms with Crippen molar-refractivity contribution in [2.45, 2.75) is 65.9 Å². The molecule has 3 aromatic carbocycles. The number of hydrogen-bond donors (Lipinski definition) is 3. The molecular formula is C32H33Cl2F5N4O7S2. The van der Waals surface area contributed by atoms with Crippen LogP contribution in [0.5, 0.6) is 5.75 Å². The molecule has 2 amide bonds. The maximum absolute atomic E-state index is 14.6. The number of rotatable bonds is 9. The van der Waals surface area contributed by atoms with Gasteiger partial charge in [0.15, 0.2) is 0 Å². The minimum Gasteiger partial charge on any atom is -0.497 e. The van der Waals surface area contributed by atoms with Gasteiger partial charge in [0, 0.05) is 67.0 Å². The van der Waals surface area contributed by atoms with Crippen molar-refractivity contribution in [1.29, 1.82) is 0 Å². The van der Waals surface area contributed by atoms with Gasteiger partial charge in [-0.2, -0.15) is 9.03 Å². The number of methoxy groups -OCH3 is 1. The molecule has 2 saturated heterocycles. The molecule has 0 aliphatic carbocycles. The Labute approximate surface area is 306 Å². The lowest BCUT2D eigenvalue weighted by Gasteiger charge is -2.30. The van der Waals surface area contributed by atoms with Crippen LogP contribution in [0.3, 0.4) is 0 Å². The Kier molecular flexibility index (Phi) is 13.2. The highest BCUT2D eigenvalue weighted by Crippen LogP contribution is 2.33. The van der Waals surface area contributed by atoms with Crippen LogP contribution in [0.4, 0.5) is 22.0 Å². The van der Waals surface area contributed by atoms with E-state index in [4.69, 9.17) is 27.9 Å². The number of hydrogen-bond acceptors (Lipinski definition) is 7. The summed E-state index contributed by atoms with van der Waals surface area (Å²) in [6.07, 6.45) is -3.03. The van der Waals surface area contributed by atoms with Crippen molar-refractivity contribution in [3.63, 3.8) is 0 Å². The van der Waals surface area contributed by atoms with E-state index in [1.54, 1.807) is 0 Å². The Morgan fingerprint density at radius 3 is 1.87 bits per heavy atom. The summed E-state index contributed by atoms with van der Waals surface area (Å²) >= 11 is 11.5. The molecule has 52 heavy (non-hydrogen) atoms. The summed E-state index contributed by atoms with van der Waals surface area (Å²) in [5, 5.41) is 5.20. The molecule has 11 nitrogen and oxygen atoms in total. The number of nitrogens with zero attached hydrogens (tertiary/aromatic N) is 1. The molecule has 0 radical (unpaired) electrons. The lowest BCUT2D eigenvalue weighted by molar-refractivity contribution is -0.126. The van der Waals surface area contributed by atoms with Crippen molar-refractivity contribution >= 4 is 55.1 Å². The predicted octanol–water partition coefficient (Wildman–Crippen LogP) is 5.12. The largest absolute Gasteiger partial charge is 0.497 e. The van der Waals surface area contributed by atoms with Crippen LogP contribution in [0.2, 0.25) is 10.0 Å². The highest BCUT2D eigenvalue weighted by molar-refractivity contribution is 7.89. The molecule has 0 aromatic heterocycles. The Morgan fingerprint density at radius 1 is 0.808 bits per heavy atom. The van der Waals surface area contributed by atoms with E-state index in [0.717, 1.165) is 6.07 Å². The van der Waals surface area contributed by atoms with Gasteiger partial charge in [-0.3, -0.25) is 9.59 Å². The number of carbonyl (C=O) groups excluding carboxylic acids is 2. The second-order valence-corrected chi connectivity index (χ2v) is 16.3. The first-order valence-electron chi connectivity index (χ1n) is 15.4. The second kappa shape index (κ2) is 16.6. The fourth-order valence-corrected chi connectivity index (χ4v) is 8.21. The van der Waals surface area contributed by atoms with Crippen molar-refractivity contribution in [3.8, 4) is 5.75 Å². The lowest BCUT2D eigenvalue weighted by Crippen LogP contribution is -2.49. The standard InChI is InChI=1S/C20H20ClF3N2O4S.C12H13ClF2N2O3S/c1-30-15-5-2-13(17(22)10-15)12-26(18-11-20(23,24)8-9-25-19(18)27)31(28,29)16-6-3-14(21)4-7-16;13-8-1-3-9(4-2-8)21(19,20)17-10-7-12(14,15)5-6-16-11(10)18/h2-7,10,18H,8-9,11-12H2,1H3,(H,25,27);1-4,10,17H,5-7H2,(H,16,18)/t18-;10-/m11/s1. The maximum atomic E-state index is 14.6. The number of ether oxygens (including phenoxy) is 1. The summed E-state index contributed by atoms with van der Waals surface area (Å²) in [5.41, 5.74) is -0.0984. The number of benzene rings is 3. The number of amides is 2. The maximum Gasteiger partial charge on any atom is 0.251 e. The van der Waals surface area contributed by atoms with Gasteiger partial charge < -0.3 is 15.4 Å². The van der Waals surface area contributed by atoms with Crippen molar-refractivity contribution in [2.75, 3.05) is 20.2 Å². The fraction of sp³-hybridized carbons (Fsp3) is 0.375. The quantitative estimate of drug-likeness (QED) is 0.254. The van der Waals surface area contributed by atoms with Gasteiger partial charge in [0.2, 0.25) is 31.9 Å². The van der Waals surface area contributed by atoms with E-state index in [-0.39, 0.29) is 39.2 Å². The number of halogens is 7. The molecule has 2 aliphatic heterocycles. The number of carbonyl (C=O) groups is 2. The monoisotopic (exact) mass is 814 g/mol. The molecule has 3 aromatic rings. The number of sulfonamides is 2. The number of nitrogens with one attached hydrogen (secondary N) is 3. The van der Waals surface area contributed by atoms with E-state index in [9.17, 15) is 48.4 Å². The molecule has 284 valence electrons. The molecule has 2 fully saturated rings. The number of alkyl halides is 4. The molecule has 20 heteroatoms. The Bertz CT molecular complexity index is 1980. The van der Waals surface area contributed by atoms with Crippen LogP contribution >= 0.6 is 23.2 Å². The van der Waals surface area contributed by atoms with E-state index in [1.165, 1.54) is 67.8 Å². The van der Waals surface area contributed by atoms with Crippen LogP contribution < -0.4 is 20.1 Å². The first-order chi connectivity index (χ1) is 24.2. The van der Waals surface area contributed by atoms with Crippen molar-refractivity contribution < 1.29 is 53.1 Å². The van der Waals surface area contributed by atoms with Gasteiger partial charge >= 0.3 is 0 Å². The van der Waals surface area contributed by atoms with Gasteiger partial charge in [0.05, 0.1) is 16.9 Å². The van der Waals surface area contributed by atoms with Crippen LogP contribution in [0.25, 0.3) is 0 Å². The predicted molar refractivity (Wildman–Crippen MR) is 181 cm³/mol. The lowest BCUT2D eigenvalue weighted by atomic mass is 10.1. The van der Waals surface area contributed by atoms with Crippen LogP contribution in [-0.2, 0) is 36.2 Å². The van der Waals surface area contributed by atoms with Gasteiger partial charge in [-0.15, -0.1) is 0 Å². The molecule has 0 spiro atoms. The molecule has 5 rings (SSSR count). The Balaban J connectivity index is 0.000000251. The summed E-state index contributed by atoms with van der Waals surface area (Å²) in [7, 11) is -7.21. The zero-order valence-corrected chi connectivity index (χ0v) is 30.4. The van der Waals surface area contributed by atoms with E-state index < -0.39 is 93.8 Å². The molecule has 2 atom stereocenters. The zero-order valence-electron chi connectivity index (χ0n) is 27.2. The highest BCUT2D eigenvalue weighted by atomic mass is 35.5. The molecule has 0 unspecified atom stereocenters. The fourth-order valence-electron chi connectivity index (χ4n) is 5.20. The van der Waals surface area contributed by atoms with Crippen molar-refractivity contribution in [2.24, 2.45) is 0 Å². The normalized spacial score (nSPS) is 20.4. The van der Waals surface area contributed by atoms with Gasteiger partial charge in [-0.25, -0.2) is 38.8 Å². The Hall–Kier alpha value is -3.55. The summed E-state index contributed by atoms with van der Waals surface area (Å²) in [6.45, 7) is -1.12. The van der Waals surface area contributed by atoms with Crippen molar-refractivity contribution in [3.05, 3.63) is 88.2 Å². The zero-order chi connectivity index (χ0) is 38.5. The summed E-state index contributed by atoms with van der Waals surface area (Å²) < 4.78 is 129. The summed E-state index contributed by atoms with van der Waals surface area (Å²) in [4.78, 5) is 23.8. The average molecular weight is 816 g/mol. The molecule has 3 N–H and O–H groups in total. The van der Waals surface area contributed by atoms with Crippen LogP contribution in [0, 0.1) is 5.82 Å². The third-order valence-corrected chi connectivity index (χ3v) is 11.8. The minimum absolute atomic E-state index is 0.0984. The van der Waals surface area contributed by atoms with Gasteiger partial charge in [0.25, 0.3) is 11.8 Å².